The van der Waals surface area contributed by atoms with Gasteiger partial charge in [0.05, 0.1) is 4.90 Å². The molecule has 0 N–H and O–H groups in total. The summed E-state index contributed by atoms with van der Waals surface area (Å²) in [6.07, 6.45) is 5.16. The molecule has 3 fully saturated rings. The molecule has 2 aromatic rings. The van der Waals surface area contributed by atoms with E-state index in [4.69, 9.17) is 11.6 Å². The Morgan fingerprint density at radius 3 is 2.37 bits per heavy atom. The predicted octanol–water partition coefficient (Wildman–Crippen LogP) is 5.65. The molecule has 0 saturated carbocycles. The van der Waals surface area contributed by atoms with Gasteiger partial charge in [0.25, 0.3) is 0 Å². The van der Waals surface area contributed by atoms with Crippen LogP contribution in [0.4, 0.5) is 4.39 Å². The maximum atomic E-state index is 14.3. The Bertz CT molecular complexity index is 1390. The van der Waals surface area contributed by atoms with Crippen molar-refractivity contribution >= 4 is 27.5 Å². The molecule has 43 heavy (non-hydrogen) atoms. The normalized spacial score (nSPS) is 22.5. The number of sulfonamides is 1. The van der Waals surface area contributed by atoms with E-state index in [0.29, 0.717) is 53.9 Å². The van der Waals surface area contributed by atoms with Gasteiger partial charge in [-0.15, -0.1) is 0 Å². The SMILES string of the molecule is Cc1cc(S(=O)(=O)N2CCCCC2CCC(=O)N2CCC(C(c3cccc(F)c3)N3CCN(C)CC3)CC2)c(C)cc1Cl. The van der Waals surface area contributed by atoms with E-state index in [1.807, 2.05) is 17.9 Å². The van der Waals surface area contributed by atoms with E-state index in [2.05, 4.69) is 16.8 Å². The number of benzene rings is 2. The van der Waals surface area contributed by atoms with E-state index >= 15 is 0 Å². The fraction of sp³-hybridized carbons (Fsp3) is 0.606. The van der Waals surface area contributed by atoms with E-state index in [9.17, 15) is 17.6 Å². The molecule has 0 spiro atoms. The van der Waals surface area contributed by atoms with Crippen molar-refractivity contribution < 1.29 is 17.6 Å². The van der Waals surface area contributed by atoms with Gasteiger partial charge >= 0.3 is 0 Å². The Morgan fingerprint density at radius 2 is 1.67 bits per heavy atom. The molecule has 5 rings (SSSR count). The standard InChI is InChI=1S/C33H46ClFN4O3S/c1-24-22-31(25(2)21-30(24)34)43(41,42)39-14-5-4-9-29(39)10-11-32(40)37-15-12-26(13-16-37)33(27-7-6-8-28(35)23-27)38-19-17-36(3)18-20-38/h6-8,21-23,26,29,33H,4-5,9-20H2,1-3H3. The topological polar surface area (TPSA) is 64.2 Å². The van der Waals surface area contributed by atoms with Gasteiger partial charge in [-0.05, 0) is 99.9 Å². The van der Waals surface area contributed by atoms with E-state index in [1.54, 1.807) is 35.5 Å². The number of hydrogen-bond acceptors (Lipinski definition) is 5. The Labute approximate surface area is 262 Å². The third-order valence-corrected chi connectivity index (χ3v) is 12.3. The molecule has 0 aromatic heterocycles. The van der Waals surface area contributed by atoms with Gasteiger partial charge in [0.2, 0.25) is 15.9 Å². The summed E-state index contributed by atoms with van der Waals surface area (Å²) in [4.78, 5) is 20.5. The first-order chi connectivity index (χ1) is 20.5. The van der Waals surface area contributed by atoms with Crippen molar-refractivity contribution in [3.05, 3.63) is 63.9 Å². The van der Waals surface area contributed by atoms with Crippen LogP contribution in [0, 0.1) is 25.6 Å². The number of carbonyl (C=O) groups is 1. The fourth-order valence-corrected chi connectivity index (χ4v) is 9.46. The first-order valence-corrected chi connectivity index (χ1v) is 17.6. The zero-order valence-corrected chi connectivity index (χ0v) is 27.3. The van der Waals surface area contributed by atoms with Crippen LogP contribution in [-0.4, -0.2) is 92.2 Å². The van der Waals surface area contributed by atoms with Crippen LogP contribution in [0.15, 0.2) is 41.3 Å². The molecule has 236 valence electrons. The lowest BCUT2D eigenvalue weighted by molar-refractivity contribution is -0.133. The summed E-state index contributed by atoms with van der Waals surface area (Å²) in [5.41, 5.74) is 2.41. The minimum Gasteiger partial charge on any atom is -0.343 e. The van der Waals surface area contributed by atoms with Crippen LogP contribution in [0.2, 0.25) is 5.02 Å². The van der Waals surface area contributed by atoms with Gasteiger partial charge in [-0.2, -0.15) is 4.31 Å². The average Bonchev–Trinajstić information content (AvgIpc) is 2.99. The highest BCUT2D eigenvalue weighted by Gasteiger charge is 2.37. The van der Waals surface area contributed by atoms with Gasteiger partial charge in [0.1, 0.15) is 5.82 Å². The smallest absolute Gasteiger partial charge is 0.243 e. The zero-order valence-electron chi connectivity index (χ0n) is 25.8. The summed E-state index contributed by atoms with van der Waals surface area (Å²) < 4.78 is 43.4. The van der Waals surface area contributed by atoms with Crippen molar-refractivity contribution in [3.8, 4) is 0 Å². The van der Waals surface area contributed by atoms with Crippen LogP contribution in [-0.2, 0) is 14.8 Å². The third kappa shape index (κ3) is 7.44. The molecule has 1 amide bonds. The number of nitrogens with zero attached hydrogens (tertiary/aromatic N) is 4. The van der Waals surface area contributed by atoms with E-state index in [0.717, 1.165) is 69.4 Å². The number of hydrogen-bond donors (Lipinski definition) is 0. The first kappa shape index (κ1) is 32.4. The molecule has 10 heteroatoms. The molecule has 3 heterocycles. The minimum atomic E-state index is -3.70. The third-order valence-electron chi connectivity index (χ3n) is 9.77. The Kier molecular flexibility index (Phi) is 10.5. The average molecular weight is 633 g/mol. The number of likely N-dealkylation sites (N-methyl/N-ethyl adjacent to an activating group) is 1. The Balaban J connectivity index is 1.21. The highest BCUT2D eigenvalue weighted by Crippen LogP contribution is 2.37. The van der Waals surface area contributed by atoms with Crippen molar-refractivity contribution in [3.63, 3.8) is 0 Å². The molecule has 2 aromatic carbocycles. The lowest BCUT2D eigenvalue weighted by Crippen LogP contribution is -2.49. The lowest BCUT2D eigenvalue weighted by atomic mass is 9.83. The molecule has 0 aliphatic carbocycles. The minimum absolute atomic E-state index is 0.0989. The second kappa shape index (κ2) is 13.9. The lowest BCUT2D eigenvalue weighted by Gasteiger charge is -2.44. The molecule has 3 aliphatic heterocycles. The maximum Gasteiger partial charge on any atom is 0.243 e. The summed E-state index contributed by atoms with van der Waals surface area (Å²) >= 11 is 6.25. The van der Waals surface area contributed by atoms with Gasteiger partial charge < -0.3 is 9.80 Å². The van der Waals surface area contributed by atoms with Gasteiger partial charge in [0.15, 0.2) is 0 Å². The summed E-state index contributed by atoms with van der Waals surface area (Å²) in [7, 11) is -1.56. The molecular formula is C33H46ClFN4O3S. The summed E-state index contributed by atoms with van der Waals surface area (Å²) in [6, 6.07) is 10.4. The van der Waals surface area contributed by atoms with Crippen molar-refractivity contribution in [1.29, 1.82) is 0 Å². The Morgan fingerprint density at radius 1 is 0.953 bits per heavy atom. The van der Waals surface area contributed by atoms with Crippen LogP contribution >= 0.6 is 11.6 Å². The summed E-state index contributed by atoms with van der Waals surface area (Å²) in [6.45, 7) is 9.33. The molecule has 0 radical (unpaired) electrons. The number of piperazine rings is 1. The molecule has 3 saturated heterocycles. The number of aryl methyl sites for hydroxylation is 2. The highest BCUT2D eigenvalue weighted by atomic mass is 35.5. The highest BCUT2D eigenvalue weighted by molar-refractivity contribution is 7.89. The quantitative estimate of drug-likeness (QED) is 0.377. The number of halogens is 2. The molecule has 3 aliphatic rings. The molecule has 2 unspecified atom stereocenters. The summed E-state index contributed by atoms with van der Waals surface area (Å²) in [5.74, 6) is 0.241. The fourth-order valence-electron chi connectivity index (χ4n) is 7.22. The summed E-state index contributed by atoms with van der Waals surface area (Å²) in [5, 5.41) is 0.562. The van der Waals surface area contributed by atoms with Gasteiger partial charge in [-0.1, -0.05) is 30.2 Å². The number of likely N-dealkylation sites (tertiary alicyclic amines) is 1. The second-order valence-corrected chi connectivity index (χ2v) is 15.0. The van der Waals surface area contributed by atoms with Crippen LogP contribution in [0.1, 0.15) is 67.7 Å². The predicted molar refractivity (Wildman–Crippen MR) is 169 cm³/mol. The molecular weight excluding hydrogens is 587 g/mol. The van der Waals surface area contributed by atoms with E-state index in [-0.39, 0.29) is 23.8 Å². The van der Waals surface area contributed by atoms with Crippen LogP contribution < -0.4 is 0 Å². The van der Waals surface area contributed by atoms with Crippen molar-refractivity contribution in [2.45, 2.75) is 75.8 Å². The van der Waals surface area contributed by atoms with Crippen molar-refractivity contribution in [2.75, 3.05) is 52.9 Å². The van der Waals surface area contributed by atoms with Crippen molar-refractivity contribution in [1.82, 2.24) is 19.0 Å². The monoisotopic (exact) mass is 632 g/mol. The van der Waals surface area contributed by atoms with E-state index in [1.165, 1.54) is 6.07 Å². The van der Waals surface area contributed by atoms with Crippen LogP contribution in [0.3, 0.4) is 0 Å². The number of rotatable bonds is 8. The van der Waals surface area contributed by atoms with Crippen molar-refractivity contribution in [2.24, 2.45) is 5.92 Å². The second-order valence-electron chi connectivity index (χ2n) is 12.7. The number of piperidine rings is 2. The Hall–Kier alpha value is -2.04. The molecule has 0 bridgehead atoms. The van der Waals surface area contributed by atoms with Gasteiger partial charge in [0, 0.05) is 69.3 Å². The van der Waals surface area contributed by atoms with Crippen LogP contribution in [0.25, 0.3) is 0 Å². The van der Waals surface area contributed by atoms with Crippen LogP contribution in [0.5, 0.6) is 0 Å². The molecule has 2 atom stereocenters. The largest absolute Gasteiger partial charge is 0.343 e. The van der Waals surface area contributed by atoms with Gasteiger partial charge in [-0.3, -0.25) is 9.69 Å². The number of carbonyl (C=O) groups excluding carboxylic acids is 1. The maximum absolute atomic E-state index is 14.3. The first-order valence-electron chi connectivity index (χ1n) is 15.8. The number of amides is 1. The van der Waals surface area contributed by atoms with Gasteiger partial charge in [-0.25, -0.2) is 12.8 Å². The van der Waals surface area contributed by atoms with E-state index < -0.39 is 10.0 Å². The molecule has 7 nitrogen and oxygen atoms in total. The zero-order chi connectivity index (χ0) is 30.7.